The van der Waals surface area contributed by atoms with Gasteiger partial charge in [-0.05, 0) is 42.9 Å². The highest BCUT2D eigenvalue weighted by atomic mass is 32.2. The van der Waals surface area contributed by atoms with Gasteiger partial charge in [-0.3, -0.25) is 9.59 Å². The molecule has 1 aliphatic rings. The molecule has 0 spiro atoms. The fourth-order valence-electron chi connectivity index (χ4n) is 2.52. The predicted octanol–water partition coefficient (Wildman–Crippen LogP) is 2.63. The molecule has 1 heterocycles. The van der Waals surface area contributed by atoms with Crippen molar-refractivity contribution in [1.29, 1.82) is 0 Å². The molecule has 0 radical (unpaired) electrons. The van der Waals surface area contributed by atoms with E-state index in [9.17, 15) is 14.0 Å². The molecule has 1 aromatic rings. The fourth-order valence-corrected chi connectivity index (χ4v) is 3.05. The molecule has 0 bridgehead atoms. The Kier molecular flexibility index (Phi) is 5.22. The van der Waals surface area contributed by atoms with E-state index in [0.29, 0.717) is 36.3 Å². The molecule has 0 aliphatic carbocycles. The summed E-state index contributed by atoms with van der Waals surface area (Å²) in [5.74, 6) is -1.40. The van der Waals surface area contributed by atoms with E-state index in [-0.39, 0.29) is 18.3 Å². The van der Waals surface area contributed by atoms with Crippen molar-refractivity contribution in [1.82, 2.24) is 4.90 Å². The topological polar surface area (TPSA) is 57.6 Å². The van der Waals surface area contributed by atoms with Crippen LogP contribution in [0.25, 0.3) is 0 Å². The Bertz CT molecular complexity index is 550. The minimum absolute atomic E-state index is 0.219. The summed E-state index contributed by atoms with van der Waals surface area (Å²) in [7, 11) is 0. The number of thioether (sulfide) groups is 1. The van der Waals surface area contributed by atoms with Gasteiger partial charge < -0.3 is 10.0 Å². The largest absolute Gasteiger partial charge is 0.481 e. The number of hydrogen-bond acceptors (Lipinski definition) is 3. The number of benzene rings is 1. The zero-order valence-electron chi connectivity index (χ0n) is 11.8. The van der Waals surface area contributed by atoms with E-state index < -0.39 is 11.9 Å². The van der Waals surface area contributed by atoms with Gasteiger partial charge in [0.1, 0.15) is 5.82 Å². The van der Waals surface area contributed by atoms with Crippen molar-refractivity contribution in [2.45, 2.75) is 18.6 Å². The van der Waals surface area contributed by atoms with Crippen LogP contribution in [0.15, 0.2) is 18.2 Å². The van der Waals surface area contributed by atoms with E-state index in [1.807, 2.05) is 6.26 Å². The Labute approximate surface area is 127 Å². The van der Waals surface area contributed by atoms with Crippen LogP contribution in [0.5, 0.6) is 0 Å². The molecule has 1 amide bonds. The maximum absolute atomic E-state index is 13.6. The summed E-state index contributed by atoms with van der Waals surface area (Å²) in [6.45, 7) is 0.779. The third kappa shape index (κ3) is 3.75. The fraction of sp³-hybridized carbons (Fsp3) is 0.467. The van der Waals surface area contributed by atoms with Crippen molar-refractivity contribution in [3.63, 3.8) is 0 Å². The molecule has 1 saturated heterocycles. The Balaban J connectivity index is 2.15. The Morgan fingerprint density at radius 3 is 2.90 bits per heavy atom. The lowest BCUT2D eigenvalue weighted by molar-refractivity contribution is -0.143. The maximum Gasteiger partial charge on any atom is 0.308 e. The van der Waals surface area contributed by atoms with Crippen LogP contribution in [0.2, 0.25) is 0 Å². The molecule has 1 N–H and O–H groups in total. The summed E-state index contributed by atoms with van der Waals surface area (Å²) in [6.07, 6.45) is 3.15. The quantitative estimate of drug-likeness (QED) is 0.928. The number of aliphatic carboxylic acids is 1. The number of carbonyl (C=O) groups is 2. The van der Waals surface area contributed by atoms with Crippen LogP contribution in [0.4, 0.5) is 4.39 Å². The monoisotopic (exact) mass is 311 g/mol. The zero-order chi connectivity index (χ0) is 15.4. The number of rotatable bonds is 4. The number of amides is 1. The van der Waals surface area contributed by atoms with E-state index in [4.69, 9.17) is 5.11 Å². The van der Waals surface area contributed by atoms with E-state index in [2.05, 4.69) is 0 Å². The van der Waals surface area contributed by atoms with Crippen LogP contribution in [-0.2, 0) is 10.5 Å². The highest BCUT2D eigenvalue weighted by molar-refractivity contribution is 7.97. The number of nitrogens with zero attached hydrogens (tertiary/aromatic N) is 1. The first-order chi connectivity index (χ1) is 10.0. The average molecular weight is 311 g/mol. The number of halogens is 1. The highest BCUT2D eigenvalue weighted by Crippen LogP contribution is 2.21. The second-order valence-corrected chi connectivity index (χ2v) is 6.03. The highest BCUT2D eigenvalue weighted by Gasteiger charge is 2.28. The molecule has 0 aromatic heterocycles. The molecule has 114 valence electrons. The Morgan fingerprint density at radius 1 is 1.48 bits per heavy atom. The maximum atomic E-state index is 13.6. The summed E-state index contributed by atoms with van der Waals surface area (Å²) in [5, 5.41) is 9.07. The smallest absolute Gasteiger partial charge is 0.308 e. The second kappa shape index (κ2) is 6.93. The molecular weight excluding hydrogens is 293 g/mol. The molecule has 1 fully saturated rings. The number of carboxylic acids is 1. The predicted molar refractivity (Wildman–Crippen MR) is 79.9 cm³/mol. The van der Waals surface area contributed by atoms with Crippen molar-refractivity contribution in [3.05, 3.63) is 35.1 Å². The Hall–Kier alpha value is -1.56. The molecule has 0 saturated carbocycles. The van der Waals surface area contributed by atoms with Crippen molar-refractivity contribution in [3.8, 4) is 0 Å². The molecule has 1 atom stereocenters. The van der Waals surface area contributed by atoms with Gasteiger partial charge in [-0.25, -0.2) is 4.39 Å². The average Bonchev–Trinajstić information content (AvgIpc) is 2.49. The zero-order valence-corrected chi connectivity index (χ0v) is 12.7. The number of carboxylic acid groups (broad SMARTS) is 1. The summed E-state index contributed by atoms with van der Waals surface area (Å²) in [5.41, 5.74) is 0.923. The van der Waals surface area contributed by atoms with Crippen LogP contribution in [0, 0.1) is 11.7 Å². The lowest BCUT2D eigenvalue weighted by Gasteiger charge is -2.30. The first kappa shape index (κ1) is 15.8. The van der Waals surface area contributed by atoms with Crippen LogP contribution < -0.4 is 0 Å². The van der Waals surface area contributed by atoms with Crippen LogP contribution in [-0.4, -0.2) is 41.2 Å². The van der Waals surface area contributed by atoms with Crippen molar-refractivity contribution in [2.75, 3.05) is 19.3 Å². The molecule has 21 heavy (non-hydrogen) atoms. The lowest BCUT2D eigenvalue weighted by Crippen LogP contribution is -2.42. The number of hydrogen-bond donors (Lipinski definition) is 1. The van der Waals surface area contributed by atoms with Crippen LogP contribution in [0.1, 0.15) is 28.8 Å². The van der Waals surface area contributed by atoms with Gasteiger partial charge in [-0.2, -0.15) is 11.8 Å². The minimum atomic E-state index is -0.866. The third-order valence-electron chi connectivity index (χ3n) is 3.65. The summed E-state index contributed by atoms with van der Waals surface area (Å²) in [6, 6.07) is 4.34. The normalized spacial score (nSPS) is 18.6. The Morgan fingerprint density at radius 2 is 2.24 bits per heavy atom. The molecular formula is C15H18FNO3S. The van der Waals surface area contributed by atoms with Crippen molar-refractivity contribution >= 4 is 23.6 Å². The molecule has 2 rings (SSSR count). The summed E-state index contributed by atoms with van der Waals surface area (Å²) >= 11 is 1.49. The first-order valence-electron chi connectivity index (χ1n) is 6.82. The second-order valence-electron chi connectivity index (χ2n) is 5.17. The minimum Gasteiger partial charge on any atom is -0.481 e. The molecule has 1 aromatic carbocycles. The van der Waals surface area contributed by atoms with Crippen molar-refractivity contribution in [2.24, 2.45) is 5.92 Å². The van der Waals surface area contributed by atoms with Gasteiger partial charge in [-0.1, -0.05) is 0 Å². The number of likely N-dealkylation sites (tertiary alicyclic amines) is 1. The first-order valence-corrected chi connectivity index (χ1v) is 8.21. The van der Waals surface area contributed by atoms with Crippen molar-refractivity contribution < 1.29 is 19.1 Å². The van der Waals surface area contributed by atoms with Gasteiger partial charge in [0.15, 0.2) is 0 Å². The number of carbonyl (C=O) groups excluding carboxylic acids is 1. The molecule has 0 unspecified atom stereocenters. The van der Waals surface area contributed by atoms with E-state index >= 15 is 0 Å². The third-order valence-corrected chi connectivity index (χ3v) is 4.25. The van der Waals surface area contributed by atoms with Gasteiger partial charge in [0, 0.05) is 24.4 Å². The molecule has 6 heteroatoms. The lowest BCUT2D eigenvalue weighted by atomic mass is 9.97. The van der Waals surface area contributed by atoms with Gasteiger partial charge in [0.05, 0.1) is 5.92 Å². The standard InChI is InChI=1S/C15H18FNO3S/c1-21-9-12-7-10(4-5-13(12)16)14(18)17-6-2-3-11(8-17)15(19)20/h4-5,7,11H,2-3,6,8-9H2,1H3,(H,19,20)/t11-/m0/s1. The SMILES string of the molecule is CSCc1cc(C(=O)N2CCC[C@H](C(=O)O)C2)ccc1F. The molecule has 4 nitrogen and oxygen atoms in total. The van der Waals surface area contributed by atoms with Gasteiger partial charge >= 0.3 is 5.97 Å². The van der Waals surface area contributed by atoms with E-state index in [0.717, 1.165) is 0 Å². The van der Waals surface area contributed by atoms with E-state index in [1.54, 1.807) is 11.0 Å². The summed E-state index contributed by atoms with van der Waals surface area (Å²) in [4.78, 5) is 25.0. The summed E-state index contributed by atoms with van der Waals surface area (Å²) < 4.78 is 13.6. The van der Waals surface area contributed by atoms with Gasteiger partial charge in [0.25, 0.3) is 5.91 Å². The van der Waals surface area contributed by atoms with Crippen LogP contribution in [0.3, 0.4) is 0 Å². The molecule has 1 aliphatic heterocycles. The number of piperidine rings is 1. The van der Waals surface area contributed by atoms with Crippen LogP contribution >= 0.6 is 11.8 Å². The van der Waals surface area contributed by atoms with Gasteiger partial charge in [-0.15, -0.1) is 0 Å². The van der Waals surface area contributed by atoms with Gasteiger partial charge in [0.2, 0.25) is 0 Å². The van der Waals surface area contributed by atoms with E-state index in [1.165, 1.54) is 23.9 Å².